The molecule has 3 saturated heterocycles. The Morgan fingerprint density at radius 1 is 1.06 bits per heavy atom. The number of nitrogens with zero attached hydrogens (tertiary/aromatic N) is 5. The number of piperidine rings is 2. The van der Waals surface area contributed by atoms with Gasteiger partial charge in [0.2, 0.25) is 11.7 Å². The molecule has 1 aromatic heterocycles. The van der Waals surface area contributed by atoms with Gasteiger partial charge in [0.25, 0.3) is 0 Å². The number of carbonyl (C=O) groups is 1. The molecule has 8 nitrogen and oxygen atoms in total. The number of nitrogens with one attached hydrogen (secondary N) is 1. The minimum atomic E-state index is 0.0557. The van der Waals surface area contributed by atoms with Crippen LogP contribution in [0.5, 0.6) is 0 Å². The zero-order chi connectivity index (χ0) is 24.2. The zero-order valence-electron chi connectivity index (χ0n) is 20.7. The molecule has 0 unspecified atom stereocenters. The van der Waals surface area contributed by atoms with Crippen LogP contribution in [-0.4, -0.2) is 85.3 Å². The van der Waals surface area contributed by atoms with Crippen LogP contribution in [0.3, 0.4) is 0 Å². The summed E-state index contributed by atoms with van der Waals surface area (Å²) < 4.78 is 5.49. The van der Waals surface area contributed by atoms with Crippen LogP contribution >= 0.6 is 11.6 Å². The fraction of sp³-hybridized carbons (Fsp3) is 0.654. The van der Waals surface area contributed by atoms with E-state index in [-0.39, 0.29) is 11.8 Å². The van der Waals surface area contributed by atoms with E-state index >= 15 is 0 Å². The Kier molecular flexibility index (Phi) is 7.90. The molecular weight excluding hydrogens is 464 g/mol. The Labute approximate surface area is 213 Å². The van der Waals surface area contributed by atoms with Crippen molar-refractivity contribution >= 4 is 23.5 Å². The third-order valence-electron chi connectivity index (χ3n) is 7.83. The smallest absolute Gasteiger partial charge is 0.324 e. The van der Waals surface area contributed by atoms with Crippen LogP contribution in [0.15, 0.2) is 28.8 Å². The molecule has 2 aromatic rings. The van der Waals surface area contributed by atoms with Gasteiger partial charge >= 0.3 is 6.01 Å². The third-order valence-corrected chi connectivity index (χ3v) is 8.08. The summed E-state index contributed by atoms with van der Waals surface area (Å²) in [5.74, 6) is 2.18. The van der Waals surface area contributed by atoms with Crippen molar-refractivity contribution in [2.75, 3.05) is 64.3 Å². The number of likely N-dealkylation sites (tertiary alicyclic amines) is 2. The molecule has 3 aliphatic heterocycles. The van der Waals surface area contributed by atoms with Crippen LogP contribution in [0.25, 0.3) is 11.4 Å². The largest absolute Gasteiger partial charge is 0.356 e. The van der Waals surface area contributed by atoms with Crippen molar-refractivity contribution in [2.24, 2.45) is 17.8 Å². The lowest BCUT2D eigenvalue weighted by atomic mass is 9.96. The lowest BCUT2D eigenvalue weighted by molar-refractivity contribution is -0.125. The molecule has 2 atom stereocenters. The van der Waals surface area contributed by atoms with Crippen molar-refractivity contribution in [3.8, 4) is 11.4 Å². The third kappa shape index (κ3) is 6.35. The summed E-state index contributed by atoms with van der Waals surface area (Å²) in [6, 6.07) is 7.91. The number of carbonyl (C=O) groups excluding carboxylic acids is 1. The molecule has 0 aliphatic carbocycles. The highest BCUT2D eigenvalue weighted by molar-refractivity contribution is 6.30. The molecule has 1 N–H and O–H groups in total. The Bertz CT molecular complexity index is 974. The minimum Gasteiger partial charge on any atom is -0.356 e. The summed E-state index contributed by atoms with van der Waals surface area (Å²) in [5.41, 5.74) is 0.871. The Balaban J connectivity index is 1.03. The van der Waals surface area contributed by atoms with Gasteiger partial charge in [-0.2, -0.15) is 4.98 Å². The van der Waals surface area contributed by atoms with E-state index in [4.69, 9.17) is 16.1 Å². The average molecular weight is 501 g/mol. The first kappa shape index (κ1) is 24.5. The molecule has 0 radical (unpaired) electrons. The van der Waals surface area contributed by atoms with Gasteiger partial charge in [-0.05, 0) is 88.3 Å². The van der Waals surface area contributed by atoms with Crippen molar-refractivity contribution < 1.29 is 9.32 Å². The average Bonchev–Trinajstić information content (AvgIpc) is 3.53. The van der Waals surface area contributed by atoms with Crippen molar-refractivity contribution in [3.05, 3.63) is 29.3 Å². The van der Waals surface area contributed by atoms with Gasteiger partial charge in [-0.3, -0.25) is 4.79 Å². The van der Waals surface area contributed by atoms with Crippen LogP contribution in [0.4, 0.5) is 6.01 Å². The Hall–Kier alpha value is -2.16. The van der Waals surface area contributed by atoms with E-state index in [1.54, 1.807) is 0 Å². The Morgan fingerprint density at radius 3 is 2.63 bits per heavy atom. The molecule has 9 heteroatoms. The molecule has 3 aliphatic rings. The highest BCUT2D eigenvalue weighted by atomic mass is 35.5. The standard InChI is InChI=1S/C26H37ClN6O2/c1-31-11-2-3-20(16-31)18-32-12-8-19(17-32)15-28-25(34)22-9-13-33(14-10-22)26-29-24(30-35-26)21-4-6-23(27)7-5-21/h4-7,19-20,22H,2-3,8-18H2,1H3,(H,28,34)/t19-,20+/m1/s1. The molecule has 0 saturated carbocycles. The van der Waals surface area contributed by atoms with Gasteiger partial charge in [0.05, 0.1) is 0 Å². The first-order valence-electron chi connectivity index (χ1n) is 13.1. The van der Waals surface area contributed by atoms with Crippen molar-refractivity contribution in [2.45, 2.75) is 32.1 Å². The summed E-state index contributed by atoms with van der Waals surface area (Å²) in [4.78, 5) is 24.5. The lowest BCUT2D eigenvalue weighted by Gasteiger charge is -2.32. The first-order chi connectivity index (χ1) is 17.0. The first-order valence-corrected chi connectivity index (χ1v) is 13.4. The van der Waals surface area contributed by atoms with Gasteiger partial charge in [0.15, 0.2) is 0 Å². The molecule has 1 amide bonds. The SMILES string of the molecule is CN1CCC[C@H](CN2CC[C@H](CNC(=O)C3CCN(c4nc(-c5ccc(Cl)cc5)no4)CC3)C2)C1. The fourth-order valence-electron chi connectivity index (χ4n) is 5.82. The van der Waals surface area contributed by atoms with E-state index < -0.39 is 0 Å². The predicted octanol–water partition coefficient (Wildman–Crippen LogP) is 3.39. The van der Waals surface area contributed by atoms with Gasteiger partial charge in [-0.1, -0.05) is 16.8 Å². The van der Waals surface area contributed by atoms with Crippen LogP contribution in [0.2, 0.25) is 5.02 Å². The van der Waals surface area contributed by atoms with E-state index in [0.717, 1.165) is 50.5 Å². The van der Waals surface area contributed by atoms with E-state index in [2.05, 4.69) is 37.2 Å². The molecule has 0 bridgehead atoms. The van der Waals surface area contributed by atoms with E-state index in [1.165, 1.54) is 45.4 Å². The maximum atomic E-state index is 12.8. The van der Waals surface area contributed by atoms with E-state index in [9.17, 15) is 4.79 Å². The zero-order valence-corrected chi connectivity index (χ0v) is 21.4. The normalized spacial score (nSPS) is 24.7. The molecule has 5 rings (SSSR count). The number of amides is 1. The maximum Gasteiger partial charge on any atom is 0.324 e. The summed E-state index contributed by atoms with van der Waals surface area (Å²) in [6.07, 6.45) is 5.47. The second-order valence-corrected chi connectivity index (χ2v) is 11.0. The van der Waals surface area contributed by atoms with Gasteiger partial charge in [-0.25, -0.2) is 0 Å². The van der Waals surface area contributed by atoms with Gasteiger partial charge < -0.3 is 24.5 Å². The molecule has 0 spiro atoms. The molecular formula is C26H37ClN6O2. The van der Waals surface area contributed by atoms with Gasteiger partial charge in [-0.15, -0.1) is 0 Å². The van der Waals surface area contributed by atoms with Gasteiger partial charge in [0, 0.05) is 55.8 Å². The fourth-order valence-corrected chi connectivity index (χ4v) is 5.94. The number of rotatable bonds is 7. The second kappa shape index (κ2) is 11.3. The van der Waals surface area contributed by atoms with Crippen molar-refractivity contribution in [1.82, 2.24) is 25.3 Å². The molecule has 1 aromatic carbocycles. The summed E-state index contributed by atoms with van der Waals surface area (Å²) >= 11 is 5.96. The van der Waals surface area contributed by atoms with Crippen LogP contribution in [0.1, 0.15) is 32.1 Å². The number of aromatic nitrogens is 2. The predicted molar refractivity (Wildman–Crippen MR) is 137 cm³/mol. The van der Waals surface area contributed by atoms with Crippen LogP contribution in [0, 0.1) is 17.8 Å². The van der Waals surface area contributed by atoms with E-state index in [0.29, 0.717) is 22.8 Å². The van der Waals surface area contributed by atoms with Crippen LogP contribution in [-0.2, 0) is 4.79 Å². The molecule has 4 heterocycles. The summed E-state index contributed by atoms with van der Waals surface area (Å²) in [5, 5.41) is 8.04. The van der Waals surface area contributed by atoms with E-state index in [1.807, 2.05) is 24.3 Å². The number of hydrogen-bond acceptors (Lipinski definition) is 7. The number of anilines is 1. The van der Waals surface area contributed by atoms with Crippen LogP contribution < -0.4 is 10.2 Å². The Morgan fingerprint density at radius 2 is 1.86 bits per heavy atom. The van der Waals surface area contributed by atoms with Crippen molar-refractivity contribution in [1.29, 1.82) is 0 Å². The number of benzene rings is 1. The second-order valence-electron chi connectivity index (χ2n) is 10.6. The topological polar surface area (TPSA) is 77.7 Å². The number of halogens is 1. The van der Waals surface area contributed by atoms with Crippen molar-refractivity contribution in [3.63, 3.8) is 0 Å². The summed E-state index contributed by atoms with van der Waals surface area (Å²) in [7, 11) is 2.24. The molecule has 3 fully saturated rings. The highest BCUT2D eigenvalue weighted by Crippen LogP contribution is 2.26. The minimum absolute atomic E-state index is 0.0557. The highest BCUT2D eigenvalue weighted by Gasteiger charge is 2.30. The monoisotopic (exact) mass is 500 g/mol. The maximum absolute atomic E-state index is 12.8. The number of hydrogen-bond donors (Lipinski definition) is 1. The quantitative estimate of drug-likeness (QED) is 0.624. The molecule has 190 valence electrons. The lowest BCUT2D eigenvalue weighted by Crippen LogP contribution is -2.42. The summed E-state index contributed by atoms with van der Waals surface area (Å²) in [6.45, 7) is 8.25. The van der Waals surface area contributed by atoms with Gasteiger partial charge in [0.1, 0.15) is 0 Å². The molecule has 35 heavy (non-hydrogen) atoms.